The van der Waals surface area contributed by atoms with Crippen molar-refractivity contribution in [2.45, 2.75) is 26.2 Å². The molecule has 0 saturated heterocycles. The number of rotatable bonds is 0. The van der Waals surface area contributed by atoms with Crippen LogP contribution >= 0.6 is 11.3 Å². The molecule has 0 spiro atoms. The second kappa shape index (κ2) is 4.86. The van der Waals surface area contributed by atoms with Crippen molar-refractivity contribution in [3.05, 3.63) is 60.2 Å². The third kappa shape index (κ3) is 2.01. The summed E-state index contributed by atoms with van der Waals surface area (Å²) in [5.41, 5.74) is 4.20. The van der Waals surface area contributed by atoms with Crippen LogP contribution in [0.25, 0.3) is 42.0 Å². The minimum absolute atomic E-state index is 0.128. The first-order valence-corrected chi connectivity index (χ1v) is 9.60. The quantitative estimate of drug-likeness (QED) is 0.285. The molecule has 2 aromatic heterocycles. The number of thiophene rings is 1. The molecule has 0 saturated carbocycles. The van der Waals surface area contributed by atoms with Gasteiger partial charge >= 0.3 is 0 Å². The Balaban J connectivity index is 2.02. The standard InChI is InChI=1S/C23H21NS/c1-23(2,3)17-9-7-10-18-22(17)16-13-21-15(12-19(16)24(18)4)14-8-5-6-11-20(14)25-21/h5-13H,1-4H3. The van der Waals surface area contributed by atoms with Crippen molar-refractivity contribution in [1.82, 2.24) is 4.57 Å². The van der Waals surface area contributed by atoms with Crippen LogP contribution in [0.5, 0.6) is 0 Å². The van der Waals surface area contributed by atoms with Gasteiger partial charge in [0.05, 0.1) is 0 Å². The lowest BCUT2D eigenvalue weighted by molar-refractivity contribution is 0.596. The molecule has 0 amide bonds. The Morgan fingerprint density at radius 3 is 2.36 bits per heavy atom. The van der Waals surface area contributed by atoms with E-state index in [4.69, 9.17) is 0 Å². The zero-order valence-electron chi connectivity index (χ0n) is 15.1. The fourth-order valence-electron chi connectivity index (χ4n) is 4.10. The highest BCUT2D eigenvalue weighted by atomic mass is 32.1. The fourth-order valence-corrected chi connectivity index (χ4v) is 5.22. The van der Waals surface area contributed by atoms with Gasteiger partial charge in [0, 0.05) is 49.0 Å². The summed E-state index contributed by atoms with van der Waals surface area (Å²) in [4.78, 5) is 0. The minimum Gasteiger partial charge on any atom is -0.344 e. The Kier molecular flexibility index (Phi) is 2.91. The molecule has 0 unspecified atom stereocenters. The van der Waals surface area contributed by atoms with Gasteiger partial charge in [-0.25, -0.2) is 0 Å². The molecule has 25 heavy (non-hydrogen) atoms. The normalized spacial score (nSPS) is 12.8. The average molecular weight is 343 g/mol. The molecule has 2 heteroatoms. The number of aromatic nitrogens is 1. The van der Waals surface area contributed by atoms with Gasteiger partial charge in [-0.05, 0) is 35.2 Å². The zero-order valence-corrected chi connectivity index (χ0v) is 15.9. The number of fused-ring (bicyclic) bond motifs is 6. The predicted molar refractivity (Wildman–Crippen MR) is 112 cm³/mol. The van der Waals surface area contributed by atoms with E-state index in [0.29, 0.717) is 0 Å². The summed E-state index contributed by atoms with van der Waals surface area (Å²) in [6.07, 6.45) is 0. The number of hydrogen-bond donors (Lipinski definition) is 0. The van der Waals surface area contributed by atoms with E-state index < -0.39 is 0 Å². The highest BCUT2D eigenvalue weighted by molar-refractivity contribution is 7.25. The minimum atomic E-state index is 0.128. The largest absolute Gasteiger partial charge is 0.344 e. The topological polar surface area (TPSA) is 4.93 Å². The Morgan fingerprint density at radius 1 is 0.760 bits per heavy atom. The summed E-state index contributed by atoms with van der Waals surface area (Å²) in [6, 6.07) is 20.3. The van der Waals surface area contributed by atoms with E-state index in [-0.39, 0.29) is 5.41 Å². The summed E-state index contributed by atoms with van der Waals surface area (Å²) in [5, 5.41) is 5.52. The van der Waals surface area contributed by atoms with E-state index in [1.54, 1.807) is 0 Å². The fraction of sp³-hybridized carbons (Fsp3) is 0.217. The van der Waals surface area contributed by atoms with E-state index >= 15 is 0 Å². The van der Waals surface area contributed by atoms with Crippen molar-refractivity contribution >= 4 is 53.3 Å². The number of nitrogens with zero attached hydrogens (tertiary/aromatic N) is 1. The Morgan fingerprint density at radius 2 is 1.56 bits per heavy atom. The second-order valence-electron chi connectivity index (χ2n) is 7.97. The van der Waals surface area contributed by atoms with Crippen LogP contribution in [0.3, 0.4) is 0 Å². The summed E-state index contributed by atoms with van der Waals surface area (Å²) in [6.45, 7) is 6.91. The molecule has 124 valence electrons. The van der Waals surface area contributed by atoms with Gasteiger partial charge in [-0.3, -0.25) is 0 Å². The maximum Gasteiger partial charge on any atom is 0.0496 e. The summed E-state index contributed by atoms with van der Waals surface area (Å²) >= 11 is 1.90. The zero-order chi connectivity index (χ0) is 17.3. The molecular formula is C23H21NS. The van der Waals surface area contributed by atoms with Gasteiger partial charge in [0.15, 0.2) is 0 Å². The molecule has 0 atom stereocenters. The van der Waals surface area contributed by atoms with E-state index in [0.717, 1.165) is 0 Å². The number of aryl methyl sites for hydroxylation is 1. The van der Waals surface area contributed by atoms with Gasteiger partial charge in [-0.15, -0.1) is 11.3 Å². The van der Waals surface area contributed by atoms with Crippen LogP contribution in [0.1, 0.15) is 26.3 Å². The van der Waals surface area contributed by atoms with Gasteiger partial charge < -0.3 is 4.57 Å². The van der Waals surface area contributed by atoms with Crippen molar-refractivity contribution < 1.29 is 0 Å². The highest BCUT2D eigenvalue weighted by Gasteiger charge is 2.21. The van der Waals surface area contributed by atoms with E-state index in [1.165, 1.54) is 47.5 Å². The van der Waals surface area contributed by atoms with Crippen molar-refractivity contribution in [2.24, 2.45) is 7.05 Å². The SMILES string of the molecule is Cn1c2cc3c(cc2c2c(C(C)(C)C)cccc21)sc1ccccc13. The van der Waals surface area contributed by atoms with Gasteiger partial charge in [-0.1, -0.05) is 51.1 Å². The second-order valence-corrected chi connectivity index (χ2v) is 9.06. The molecule has 5 aromatic rings. The first kappa shape index (κ1) is 15.0. The van der Waals surface area contributed by atoms with Crippen molar-refractivity contribution in [2.75, 3.05) is 0 Å². The molecule has 0 aliphatic rings. The van der Waals surface area contributed by atoms with Crippen LogP contribution < -0.4 is 0 Å². The van der Waals surface area contributed by atoms with Crippen LogP contribution in [0.4, 0.5) is 0 Å². The van der Waals surface area contributed by atoms with Crippen molar-refractivity contribution in [3.8, 4) is 0 Å². The summed E-state index contributed by atoms with van der Waals surface area (Å²) in [5.74, 6) is 0. The molecule has 0 radical (unpaired) electrons. The van der Waals surface area contributed by atoms with Crippen LogP contribution in [-0.4, -0.2) is 4.57 Å². The summed E-state index contributed by atoms with van der Waals surface area (Å²) in [7, 11) is 2.19. The smallest absolute Gasteiger partial charge is 0.0496 e. The van der Waals surface area contributed by atoms with E-state index in [9.17, 15) is 0 Å². The molecule has 1 nitrogen and oxygen atoms in total. The molecule has 5 rings (SSSR count). The Bertz CT molecular complexity index is 1280. The van der Waals surface area contributed by atoms with Gasteiger partial charge in [0.1, 0.15) is 0 Å². The van der Waals surface area contributed by atoms with Crippen LogP contribution in [0, 0.1) is 0 Å². The molecule has 0 fully saturated rings. The van der Waals surface area contributed by atoms with E-state index in [1.807, 2.05) is 11.3 Å². The molecule has 0 aliphatic heterocycles. The monoisotopic (exact) mass is 343 g/mol. The van der Waals surface area contributed by atoms with Gasteiger partial charge in [0.2, 0.25) is 0 Å². The van der Waals surface area contributed by atoms with Crippen molar-refractivity contribution in [3.63, 3.8) is 0 Å². The lowest BCUT2D eigenvalue weighted by Crippen LogP contribution is -2.11. The first-order chi connectivity index (χ1) is 11.9. The number of hydrogen-bond acceptors (Lipinski definition) is 1. The number of benzene rings is 3. The first-order valence-electron chi connectivity index (χ1n) is 8.78. The molecule has 0 bridgehead atoms. The molecule has 0 aliphatic carbocycles. The predicted octanol–water partition coefficient (Wildman–Crippen LogP) is 7.00. The maximum atomic E-state index is 2.41. The third-order valence-electron chi connectivity index (χ3n) is 5.34. The Labute approximate surface area is 151 Å². The third-order valence-corrected chi connectivity index (χ3v) is 6.47. The van der Waals surface area contributed by atoms with Crippen LogP contribution in [0.15, 0.2) is 54.6 Å². The van der Waals surface area contributed by atoms with E-state index in [2.05, 4.69) is 87.0 Å². The highest BCUT2D eigenvalue weighted by Crippen LogP contribution is 2.41. The average Bonchev–Trinajstić information content (AvgIpc) is 3.08. The lowest BCUT2D eigenvalue weighted by Gasteiger charge is -2.20. The molecule has 2 heterocycles. The van der Waals surface area contributed by atoms with Crippen molar-refractivity contribution in [1.29, 1.82) is 0 Å². The van der Waals surface area contributed by atoms with Gasteiger partial charge in [-0.2, -0.15) is 0 Å². The Hall–Kier alpha value is -2.32. The molecular weight excluding hydrogens is 322 g/mol. The lowest BCUT2D eigenvalue weighted by atomic mass is 9.84. The maximum absolute atomic E-state index is 2.41. The summed E-state index contributed by atoms with van der Waals surface area (Å²) < 4.78 is 5.10. The molecule has 3 aromatic carbocycles. The molecule has 0 N–H and O–H groups in total. The van der Waals surface area contributed by atoms with Gasteiger partial charge in [0.25, 0.3) is 0 Å². The van der Waals surface area contributed by atoms with Crippen LogP contribution in [-0.2, 0) is 12.5 Å². The van der Waals surface area contributed by atoms with Crippen LogP contribution in [0.2, 0.25) is 0 Å².